The fourth-order valence-corrected chi connectivity index (χ4v) is 5.33. The third-order valence-electron chi connectivity index (χ3n) is 6.16. The number of pyridine rings is 1. The van der Waals surface area contributed by atoms with E-state index in [1.165, 1.54) is 11.3 Å². The fraction of sp³-hybridized carbons (Fsp3) is 0.522. The second-order valence-corrected chi connectivity index (χ2v) is 9.64. The average molecular weight is 427 g/mol. The molecule has 160 valence electrons. The van der Waals surface area contributed by atoms with Gasteiger partial charge in [0.1, 0.15) is 0 Å². The molecule has 1 N–H and O–H groups in total. The smallest absolute Gasteiger partial charge is 0.263 e. The first-order chi connectivity index (χ1) is 14.5. The van der Waals surface area contributed by atoms with Crippen molar-refractivity contribution in [2.24, 2.45) is 5.92 Å². The van der Waals surface area contributed by atoms with E-state index in [4.69, 9.17) is 0 Å². The van der Waals surface area contributed by atoms with Crippen molar-refractivity contribution < 1.29 is 9.59 Å². The van der Waals surface area contributed by atoms with Gasteiger partial charge in [0.2, 0.25) is 5.91 Å². The Kier molecular flexibility index (Phi) is 6.20. The van der Waals surface area contributed by atoms with E-state index in [1.54, 1.807) is 6.20 Å². The third-order valence-corrected chi connectivity index (χ3v) is 7.02. The second-order valence-electron chi connectivity index (χ2n) is 8.69. The first kappa shape index (κ1) is 21.0. The summed E-state index contributed by atoms with van der Waals surface area (Å²) in [4.78, 5) is 35.2. The summed E-state index contributed by atoms with van der Waals surface area (Å²) in [5.41, 5.74) is 0.635. The molecule has 0 bridgehead atoms. The van der Waals surface area contributed by atoms with E-state index in [9.17, 15) is 9.59 Å². The van der Waals surface area contributed by atoms with E-state index in [0.29, 0.717) is 25.6 Å². The minimum atomic E-state index is -0.363. The van der Waals surface area contributed by atoms with Crippen molar-refractivity contribution in [3.63, 3.8) is 0 Å². The first-order valence-corrected chi connectivity index (χ1v) is 11.7. The number of aromatic nitrogens is 1. The fourth-order valence-electron chi connectivity index (χ4n) is 4.64. The summed E-state index contributed by atoms with van der Waals surface area (Å²) >= 11 is 1.48. The van der Waals surface area contributed by atoms with Gasteiger partial charge in [0.15, 0.2) is 0 Å². The lowest BCUT2D eigenvalue weighted by Crippen LogP contribution is -2.59. The number of hydrogen-bond donors (Lipinski definition) is 1. The third kappa shape index (κ3) is 4.27. The van der Waals surface area contributed by atoms with Gasteiger partial charge in [-0.25, -0.2) is 0 Å². The summed E-state index contributed by atoms with van der Waals surface area (Å²) in [6, 6.07) is 9.55. The monoisotopic (exact) mass is 426 g/mol. The minimum absolute atomic E-state index is 0.0999. The standard InChI is InChI=1S/C23H30N4O2S/c1-17(2)16-19-21(28)27(12-8-18-6-3-4-11-24-18)23(25-19)9-13-26(14-10-23)22(29)20-7-5-15-30-20/h3-7,11,15,17,19,25H,8-10,12-14,16H2,1-2H3. The van der Waals surface area contributed by atoms with E-state index in [-0.39, 0.29) is 23.5 Å². The number of carbonyl (C=O) groups is 2. The highest BCUT2D eigenvalue weighted by molar-refractivity contribution is 7.12. The van der Waals surface area contributed by atoms with Crippen molar-refractivity contribution >= 4 is 23.2 Å². The highest BCUT2D eigenvalue weighted by atomic mass is 32.1. The molecular formula is C23H30N4O2S. The van der Waals surface area contributed by atoms with Crippen molar-refractivity contribution in [3.05, 3.63) is 52.5 Å². The van der Waals surface area contributed by atoms with Crippen LogP contribution in [0.15, 0.2) is 41.9 Å². The van der Waals surface area contributed by atoms with E-state index in [2.05, 4.69) is 24.1 Å². The normalized spacial score (nSPS) is 21.0. The van der Waals surface area contributed by atoms with Gasteiger partial charge in [0, 0.05) is 50.8 Å². The number of carbonyl (C=O) groups excluding carboxylic acids is 2. The Morgan fingerprint density at radius 2 is 2.07 bits per heavy atom. The Morgan fingerprint density at radius 1 is 1.27 bits per heavy atom. The van der Waals surface area contributed by atoms with E-state index >= 15 is 0 Å². The summed E-state index contributed by atoms with van der Waals surface area (Å²) in [6.07, 6.45) is 4.88. The molecule has 1 atom stereocenters. The molecule has 2 saturated heterocycles. The zero-order valence-electron chi connectivity index (χ0n) is 17.7. The molecule has 0 radical (unpaired) electrons. The molecule has 2 aliphatic rings. The lowest BCUT2D eigenvalue weighted by molar-refractivity contribution is -0.133. The number of likely N-dealkylation sites (tertiary alicyclic amines) is 1. The van der Waals surface area contributed by atoms with Crippen LogP contribution < -0.4 is 5.32 Å². The molecule has 6 nitrogen and oxygen atoms in total. The van der Waals surface area contributed by atoms with Gasteiger partial charge in [-0.2, -0.15) is 0 Å². The minimum Gasteiger partial charge on any atom is -0.338 e. The number of nitrogens with zero attached hydrogens (tertiary/aromatic N) is 3. The molecule has 2 aliphatic heterocycles. The molecule has 1 unspecified atom stereocenters. The van der Waals surface area contributed by atoms with Gasteiger partial charge in [0.25, 0.3) is 5.91 Å². The van der Waals surface area contributed by atoms with Gasteiger partial charge >= 0.3 is 0 Å². The van der Waals surface area contributed by atoms with Gasteiger partial charge in [-0.05, 0) is 35.9 Å². The average Bonchev–Trinajstić information content (AvgIpc) is 3.36. The summed E-state index contributed by atoms with van der Waals surface area (Å²) in [7, 11) is 0. The van der Waals surface area contributed by atoms with Crippen LogP contribution in [0.4, 0.5) is 0 Å². The van der Waals surface area contributed by atoms with Gasteiger partial charge in [-0.3, -0.25) is 19.9 Å². The van der Waals surface area contributed by atoms with Crippen molar-refractivity contribution in [2.45, 2.75) is 51.2 Å². The Labute approximate surface area is 182 Å². The maximum atomic E-state index is 13.3. The predicted octanol–water partition coefficient (Wildman–Crippen LogP) is 3.16. The highest BCUT2D eigenvalue weighted by Crippen LogP contribution is 2.34. The Balaban J connectivity index is 1.48. The zero-order valence-corrected chi connectivity index (χ0v) is 18.5. The van der Waals surface area contributed by atoms with Crippen LogP contribution in [0, 0.1) is 5.92 Å². The lowest BCUT2D eigenvalue weighted by Gasteiger charge is -2.44. The topological polar surface area (TPSA) is 65.5 Å². The SMILES string of the molecule is CC(C)CC1NC2(CCN(C(=O)c3cccs3)CC2)N(CCc2ccccn2)C1=O. The molecule has 0 aliphatic carbocycles. The maximum Gasteiger partial charge on any atom is 0.263 e. The Morgan fingerprint density at radius 3 is 2.70 bits per heavy atom. The van der Waals surface area contributed by atoms with Gasteiger partial charge in [-0.15, -0.1) is 11.3 Å². The Bertz CT molecular complexity index is 861. The molecule has 4 heterocycles. The first-order valence-electron chi connectivity index (χ1n) is 10.8. The van der Waals surface area contributed by atoms with E-state index in [0.717, 1.165) is 36.3 Å². The predicted molar refractivity (Wildman–Crippen MR) is 118 cm³/mol. The number of piperidine rings is 1. The molecule has 2 aromatic heterocycles. The van der Waals surface area contributed by atoms with Gasteiger partial charge < -0.3 is 9.80 Å². The van der Waals surface area contributed by atoms with Crippen LogP contribution in [0.3, 0.4) is 0 Å². The van der Waals surface area contributed by atoms with Crippen LogP contribution >= 0.6 is 11.3 Å². The number of amides is 2. The van der Waals surface area contributed by atoms with Crippen molar-refractivity contribution in [1.29, 1.82) is 0 Å². The molecule has 2 aromatic rings. The second kappa shape index (κ2) is 8.86. The summed E-state index contributed by atoms with van der Waals surface area (Å²) in [5, 5.41) is 5.62. The molecule has 2 fully saturated rings. The molecule has 7 heteroatoms. The van der Waals surface area contributed by atoms with Crippen LogP contribution in [-0.2, 0) is 11.2 Å². The molecule has 0 aromatic carbocycles. The molecular weight excluding hydrogens is 396 g/mol. The summed E-state index contributed by atoms with van der Waals surface area (Å²) in [5.74, 6) is 0.736. The van der Waals surface area contributed by atoms with Gasteiger partial charge in [-0.1, -0.05) is 26.0 Å². The summed E-state index contributed by atoms with van der Waals surface area (Å²) in [6.45, 7) is 6.27. The van der Waals surface area contributed by atoms with Gasteiger partial charge in [0.05, 0.1) is 16.6 Å². The van der Waals surface area contributed by atoms with Crippen molar-refractivity contribution in [3.8, 4) is 0 Å². The molecule has 2 amide bonds. The van der Waals surface area contributed by atoms with Crippen molar-refractivity contribution in [1.82, 2.24) is 20.1 Å². The highest BCUT2D eigenvalue weighted by Gasteiger charge is 2.51. The molecule has 0 saturated carbocycles. The molecule has 30 heavy (non-hydrogen) atoms. The van der Waals surface area contributed by atoms with Crippen molar-refractivity contribution in [2.75, 3.05) is 19.6 Å². The van der Waals surface area contributed by atoms with Crippen LogP contribution in [0.25, 0.3) is 0 Å². The molecule has 4 rings (SSSR count). The number of thiophene rings is 1. The Hall–Kier alpha value is -2.25. The number of rotatable bonds is 6. The largest absolute Gasteiger partial charge is 0.338 e. The van der Waals surface area contributed by atoms with E-state index in [1.807, 2.05) is 45.5 Å². The molecule has 1 spiro atoms. The van der Waals surface area contributed by atoms with Crippen LogP contribution in [0.5, 0.6) is 0 Å². The quantitative estimate of drug-likeness (QED) is 0.771. The maximum absolute atomic E-state index is 13.3. The van der Waals surface area contributed by atoms with Crippen LogP contribution in [0.2, 0.25) is 0 Å². The van der Waals surface area contributed by atoms with Crippen LogP contribution in [-0.4, -0.2) is 57.9 Å². The number of hydrogen-bond acceptors (Lipinski definition) is 5. The lowest BCUT2D eigenvalue weighted by atomic mass is 9.95. The van der Waals surface area contributed by atoms with Crippen LogP contribution in [0.1, 0.15) is 48.5 Å². The number of nitrogens with one attached hydrogen (secondary N) is 1. The van der Waals surface area contributed by atoms with E-state index < -0.39 is 0 Å². The zero-order chi connectivity index (χ0) is 21.1. The summed E-state index contributed by atoms with van der Waals surface area (Å²) < 4.78 is 0.